The van der Waals surface area contributed by atoms with Crippen molar-refractivity contribution >= 4 is 16.9 Å². The summed E-state index contributed by atoms with van der Waals surface area (Å²) < 4.78 is 5.56. The molecule has 3 heterocycles. The third-order valence-corrected chi connectivity index (χ3v) is 5.22. The van der Waals surface area contributed by atoms with Gasteiger partial charge in [0.2, 0.25) is 5.91 Å². The molecule has 2 aliphatic heterocycles. The predicted octanol–water partition coefficient (Wildman–Crippen LogP) is 2.04. The molecule has 0 radical (unpaired) electrons. The zero-order valence-corrected chi connectivity index (χ0v) is 14.5. The van der Waals surface area contributed by atoms with Crippen LogP contribution < -0.4 is 5.32 Å². The van der Waals surface area contributed by atoms with Crippen molar-refractivity contribution in [1.29, 1.82) is 0 Å². The molecule has 134 valence electrons. The Bertz CT molecular complexity index is 690. The molecule has 6 heteroatoms. The number of nitrogens with zero attached hydrogens (tertiary/aromatic N) is 2. The Balaban J connectivity index is 1.31. The summed E-state index contributed by atoms with van der Waals surface area (Å²) in [6.07, 6.45) is 4.58. The number of rotatable bonds is 5. The van der Waals surface area contributed by atoms with Gasteiger partial charge in [-0.3, -0.25) is 9.69 Å². The van der Waals surface area contributed by atoms with E-state index in [2.05, 4.69) is 21.3 Å². The molecule has 0 unspecified atom stereocenters. The molecule has 0 bridgehead atoms. The number of nitrogens with one attached hydrogen (secondary N) is 2. The molecule has 2 aromatic rings. The third-order valence-electron chi connectivity index (χ3n) is 5.22. The molecular formula is C19H26N4O2. The first kappa shape index (κ1) is 16.5. The highest BCUT2D eigenvalue weighted by Crippen LogP contribution is 2.26. The number of amides is 1. The molecule has 2 fully saturated rings. The predicted molar refractivity (Wildman–Crippen MR) is 96.5 cm³/mol. The van der Waals surface area contributed by atoms with E-state index in [0.29, 0.717) is 19.0 Å². The van der Waals surface area contributed by atoms with Gasteiger partial charge in [-0.25, -0.2) is 4.98 Å². The van der Waals surface area contributed by atoms with Crippen LogP contribution in [0.1, 0.15) is 37.4 Å². The smallest absolute Gasteiger partial charge is 0.234 e. The monoisotopic (exact) mass is 342 g/mol. The van der Waals surface area contributed by atoms with Crippen LogP contribution in [0.25, 0.3) is 11.0 Å². The van der Waals surface area contributed by atoms with Crippen LogP contribution in [0.5, 0.6) is 0 Å². The number of aromatic nitrogens is 2. The number of likely N-dealkylation sites (tertiary alicyclic amines) is 1. The highest BCUT2D eigenvalue weighted by atomic mass is 16.5. The lowest BCUT2D eigenvalue weighted by atomic mass is 9.97. The van der Waals surface area contributed by atoms with Crippen LogP contribution in [0.3, 0.4) is 0 Å². The Morgan fingerprint density at radius 1 is 1.32 bits per heavy atom. The van der Waals surface area contributed by atoms with Crippen LogP contribution in [0.4, 0.5) is 0 Å². The molecule has 6 nitrogen and oxygen atoms in total. The number of ether oxygens (including phenoxy) is 1. The molecule has 1 aromatic carbocycles. The molecule has 1 amide bonds. The number of piperidine rings is 1. The van der Waals surface area contributed by atoms with Crippen LogP contribution in [0.2, 0.25) is 0 Å². The number of aromatic amines is 1. The summed E-state index contributed by atoms with van der Waals surface area (Å²) in [5.41, 5.74) is 2.10. The number of imidazole rings is 1. The fourth-order valence-corrected chi connectivity index (χ4v) is 3.88. The Kier molecular flexibility index (Phi) is 4.99. The summed E-state index contributed by atoms with van der Waals surface area (Å²) in [5, 5.41) is 3.02. The van der Waals surface area contributed by atoms with E-state index in [1.807, 2.05) is 18.2 Å². The van der Waals surface area contributed by atoms with Gasteiger partial charge in [-0.2, -0.15) is 0 Å². The zero-order valence-electron chi connectivity index (χ0n) is 14.5. The first-order valence-corrected chi connectivity index (χ1v) is 9.33. The second-order valence-electron chi connectivity index (χ2n) is 7.15. The lowest BCUT2D eigenvalue weighted by Crippen LogP contribution is -2.43. The van der Waals surface area contributed by atoms with Gasteiger partial charge < -0.3 is 15.0 Å². The van der Waals surface area contributed by atoms with Crippen LogP contribution in [0.15, 0.2) is 24.3 Å². The summed E-state index contributed by atoms with van der Waals surface area (Å²) in [6, 6.07) is 8.13. The number of H-pyrrole nitrogens is 1. The van der Waals surface area contributed by atoms with Crippen LogP contribution in [-0.4, -0.2) is 59.7 Å². The van der Waals surface area contributed by atoms with Crippen molar-refractivity contribution in [3.63, 3.8) is 0 Å². The summed E-state index contributed by atoms with van der Waals surface area (Å²) in [4.78, 5) is 22.6. The average Bonchev–Trinajstić information content (AvgIpc) is 3.29. The van der Waals surface area contributed by atoms with Crippen molar-refractivity contribution < 1.29 is 9.53 Å². The number of carbonyl (C=O) groups is 1. The highest BCUT2D eigenvalue weighted by Gasteiger charge is 2.25. The first-order valence-electron chi connectivity index (χ1n) is 9.33. The minimum atomic E-state index is 0.0979. The third kappa shape index (κ3) is 4.02. The maximum Gasteiger partial charge on any atom is 0.234 e. The molecule has 2 aliphatic rings. The first-order chi connectivity index (χ1) is 12.3. The van der Waals surface area contributed by atoms with Gasteiger partial charge >= 0.3 is 0 Å². The van der Waals surface area contributed by atoms with Crippen molar-refractivity contribution in [2.45, 2.75) is 37.7 Å². The quantitative estimate of drug-likeness (QED) is 0.872. The van der Waals surface area contributed by atoms with Gasteiger partial charge in [-0.1, -0.05) is 12.1 Å². The van der Waals surface area contributed by atoms with E-state index in [-0.39, 0.29) is 12.0 Å². The van der Waals surface area contributed by atoms with E-state index in [0.717, 1.165) is 62.2 Å². The molecule has 0 spiro atoms. The second-order valence-corrected chi connectivity index (χ2v) is 7.15. The summed E-state index contributed by atoms with van der Waals surface area (Å²) in [5.74, 6) is 1.51. The standard InChI is InChI=1S/C19H26N4O2/c24-18(20-11-15-6-4-10-25-15)13-23-9-3-5-14(12-23)19-21-16-7-1-2-8-17(16)22-19/h1-2,7-8,14-15H,3-6,9-13H2,(H,20,24)(H,21,22)/t14-,15-/m1/s1. The van der Waals surface area contributed by atoms with Crippen molar-refractivity contribution in [2.24, 2.45) is 0 Å². The van der Waals surface area contributed by atoms with Crippen molar-refractivity contribution in [3.05, 3.63) is 30.1 Å². The van der Waals surface area contributed by atoms with E-state index < -0.39 is 0 Å². The van der Waals surface area contributed by atoms with E-state index >= 15 is 0 Å². The molecule has 1 aromatic heterocycles. The van der Waals surface area contributed by atoms with Gasteiger partial charge in [-0.15, -0.1) is 0 Å². The number of carbonyl (C=O) groups excluding carboxylic acids is 1. The molecule has 2 atom stereocenters. The Hall–Kier alpha value is -1.92. The minimum Gasteiger partial charge on any atom is -0.376 e. The maximum absolute atomic E-state index is 12.2. The molecule has 2 N–H and O–H groups in total. The average molecular weight is 342 g/mol. The molecule has 0 saturated carbocycles. The zero-order chi connectivity index (χ0) is 17.1. The minimum absolute atomic E-state index is 0.0979. The van der Waals surface area contributed by atoms with Gasteiger partial charge in [0, 0.05) is 25.6 Å². The van der Waals surface area contributed by atoms with Gasteiger partial charge in [0.05, 0.1) is 23.7 Å². The van der Waals surface area contributed by atoms with Crippen molar-refractivity contribution in [1.82, 2.24) is 20.2 Å². The van der Waals surface area contributed by atoms with E-state index in [4.69, 9.17) is 9.72 Å². The number of benzene rings is 1. The molecule has 4 rings (SSSR count). The summed E-state index contributed by atoms with van der Waals surface area (Å²) in [7, 11) is 0. The largest absolute Gasteiger partial charge is 0.376 e. The number of para-hydroxylation sites is 2. The van der Waals surface area contributed by atoms with Crippen LogP contribution in [0, 0.1) is 0 Å². The highest BCUT2D eigenvalue weighted by molar-refractivity contribution is 5.78. The van der Waals surface area contributed by atoms with Gasteiger partial charge in [0.15, 0.2) is 0 Å². The van der Waals surface area contributed by atoms with E-state index in [9.17, 15) is 4.79 Å². The SMILES string of the molecule is O=C(CN1CCC[C@@H](c2nc3ccccc3[nH]2)C1)NC[C@H]1CCCO1. The lowest BCUT2D eigenvalue weighted by molar-refractivity contribution is -0.123. The normalized spacial score (nSPS) is 24.6. The van der Waals surface area contributed by atoms with Gasteiger partial charge in [0.1, 0.15) is 5.82 Å². The fourth-order valence-electron chi connectivity index (χ4n) is 3.88. The van der Waals surface area contributed by atoms with Gasteiger partial charge in [0.25, 0.3) is 0 Å². The molecule has 2 saturated heterocycles. The number of hydrogen-bond donors (Lipinski definition) is 2. The van der Waals surface area contributed by atoms with Crippen LogP contribution >= 0.6 is 0 Å². The Morgan fingerprint density at radius 3 is 3.08 bits per heavy atom. The second kappa shape index (κ2) is 7.54. The molecule has 0 aliphatic carbocycles. The van der Waals surface area contributed by atoms with E-state index in [1.54, 1.807) is 0 Å². The van der Waals surface area contributed by atoms with Gasteiger partial charge in [-0.05, 0) is 44.4 Å². The molecular weight excluding hydrogens is 316 g/mol. The van der Waals surface area contributed by atoms with Crippen molar-refractivity contribution in [2.75, 3.05) is 32.8 Å². The fraction of sp³-hybridized carbons (Fsp3) is 0.579. The number of fused-ring (bicyclic) bond motifs is 1. The number of hydrogen-bond acceptors (Lipinski definition) is 4. The van der Waals surface area contributed by atoms with E-state index in [1.165, 1.54) is 0 Å². The molecule has 25 heavy (non-hydrogen) atoms. The topological polar surface area (TPSA) is 70.2 Å². The summed E-state index contributed by atoms with van der Waals surface area (Å²) in [6.45, 7) is 3.78. The maximum atomic E-state index is 12.2. The Morgan fingerprint density at radius 2 is 2.24 bits per heavy atom. The Labute approximate surface area is 147 Å². The van der Waals surface area contributed by atoms with Crippen molar-refractivity contribution in [3.8, 4) is 0 Å². The summed E-state index contributed by atoms with van der Waals surface area (Å²) >= 11 is 0. The lowest BCUT2D eigenvalue weighted by Gasteiger charge is -2.31. The van der Waals surface area contributed by atoms with Crippen LogP contribution in [-0.2, 0) is 9.53 Å².